The number of carbonyl (C=O) groups is 3. The number of rotatable bonds is 7. The molecule has 1 N–H and O–H groups in total. The Labute approximate surface area is 227 Å². The van der Waals surface area contributed by atoms with E-state index in [1.165, 1.54) is 5.01 Å². The third-order valence-corrected chi connectivity index (χ3v) is 7.99. The minimum Gasteiger partial charge on any atom is -0.377 e. The fraction of sp³-hybridized carbons (Fsp3) is 0.375. The van der Waals surface area contributed by atoms with Gasteiger partial charge in [0.25, 0.3) is 17.7 Å². The monoisotopic (exact) mass is 565 g/mol. The molecule has 3 heterocycles. The van der Waals surface area contributed by atoms with Gasteiger partial charge in [0.2, 0.25) is 0 Å². The topological polar surface area (TPSA) is 113 Å². The molecular formula is C24H25Cl2N5O5S. The van der Waals surface area contributed by atoms with Gasteiger partial charge in [-0.15, -0.1) is 11.3 Å². The fourth-order valence-electron chi connectivity index (χ4n) is 4.20. The highest BCUT2D eigenvalue weighted by Crippen LogP contribution is 2.31. The van der Waals surface area contributed by atoms with Gasteiger partial charge < -0.3 is 14.4 Å². The smallest absolute Gasteiger partial charge is 0.281 e. The SMILES string of the molecule is COC1CN(C(=O)c2ccc(C(=O)N/N=C(\C)C3C(=O)N(c4ccc(Cl)c(Cl)c4)N=C3C)s2)CC1OC. The summed E-state index contributed by atoms with van der Waals surface area (Å²) >= 11 is 13.1. The summed E-state index contributed by atoms with van der Waals surface area (Å²) < 4.78 is 10.8. The van der Waals surface area contributed by atoms with Gasteiger partial charge in [0.05, 0.1) is 36.9 Å². The molecule has 3 amide bonds. The Bertz CT molecular complexity index is 1280. The Kier molecular flexibility index (Phi) is 8.29. The lowest BCUT2D eigenvalue weighted by molar-refractivity contribution is -0.118. The molecule has 0 saturated carbocycles. The lowest BCUT2D eigenvalue weighted by atomic mass is 9.99. The van der Waals surface area contributed by atoms with Gasteiger partial charge >= 0.3 is 0 Å². The van der Waals surface area contributed by atoms with Crippen LogP contribution in [0, 0.1) is 5.92 Å². The Hall–Kier alpha value is -2.83. The second-order valence-corrected chi connectivity index (χ2v) is 10.4. The molecular weight excluding hydrogens is 541 g/mol. The highest BCUT2D eigenvalue weighted by Gasteiger charge is 2.38. The van der Waals surface area contributed by atoms with E-state index >= 15 is 0 Å². The zero-order chi connectivity index (χ0) is 26.9. The van der Waals surface area contributed by atoms with Gasteiger partial charge in [0, 0.05) is 27.3 Å². The van der Waals surface area contributed by atoms with Crippen molar-refractivity contribution in [1.82, 2.24) is 10.3 Å². The largest absolute Gasteiger partial charge is 0.377 e. The van der Waals surface area contributed by atoms with Gasteiger partial charge in [0.1, 0.15) is 18.1 Å². The molecule has 2 aromatic rings. The number of amides is 3. The van der Waals surface area contributed by atoms with Crippen LogP contribution in [0.1, 0.15) is 33.2 Å². The Balaban J connectivity index is 1.40. The summed E-state index contributed by atoms with van der Waals surface area (Å²) in [5.41, 5.74) is 3.83. The number of methoxy groups -OCH3 is 2. The number of carbonyl (C=O) groups excluding carboxylic acids is 3. The first kappa shape index (κ1) is 27.2. The summed E-state index contributed by atoms with van der Waals surface area (Å²) in [5.74, 6) is -1.76. The molecule has 1 saturated heterocycles. The van der Waals surface area contributed by atoms with Gasteiger partial charge in [-0.3, -0.25) is 14.4 Å². The van der Waals surface area contributed by atoms with Crippen LogP contribution in [0.25, 0.3) is 0 Å². The molecule has 3 unspecified atom stereocenters. The van der Waals surface area contributed by atoms with Gasteiger partial charge in [-0.25, -0.2) is 5.43 Å². The summed E-state index contributed by atoms with van der Waals surface area (Å²) in [6.45, 7) is 4.16. The Morgan fingerprint density at radius 3 is 2.35 bits per heavy atom. The number of hydrogen-bond acceptors (Lipinski definition) is 8. The lowest BCUT2D eigenvalue weighted by Crippen LogP contribution is -2.33. The number of nitrogens with zero attached hydrogens (tertiary/aromatic N) is 4. The summed E-state index contributed by atoms with van der Waals surface area (Å²) in [6.07, 6.45) is -0.404. The first-order valence-electron chi connectivity index (χ1n) is 11.3. The van der Waals surface area contributed by atoms with Crippen LogP contribution in [0.4, 0.5) is 5.69 Å². The molecule has 0 aliphatic carbocycles. The van der Waals surface area contributed by atoms with Crippen LogP contribution in [0.3, 0.4) is 0 Å². The van der Waals surface area contributed by atoms with Crippen LogP contribution in [0.15, 0.2) is 40.5 Å². The number of hydrogen-bond donors (Lipinski definition) is 1. The van der Waals surface area contributed by atoms with E-state index < -0.39 is 11.8 Å². The Morgan fingerprint density at radius 2 is 1.73 bits per heavy atom. The predicted molar refractivity (Wildman–Crippen MR) is 143 cm³/mol. The maximum Gasteiger partial charge on any atom is 0.281 e. The average molecular weight is 566 g/mol. The van der Waals surface area contributed by atoms with E-state index in [4.69, 9.17) is 32.7 Å². The van der Waals surface area contributed by atoms with Crippen molar-refractivity contribution < 1.29 is 23.9 Å². The molecule has 3 atom stereocenters. The quantitative estimate of drug-likeness (QED) is 0.406. The fourth-order valence-corrected chi connectivity index (χ4v) is 5.36. The van der Waals surface area contributed by atoms with E-state index in [1.807, 2.05) is 0 Å². The molecule has 37 heavy (non-hydrogen) atoms. The first-order chi connectivity index (χ1) is 17.6. The number of halogens is 2. The molecule has 0 radical (unpaired) electrons. The van der Waals surface area contributed by atoms with Crippen molar-refractivity contribution in [2.75, 3.05) is 32.3 Å². The minimum absolute atomic E-state index is 0.198. The Morgan fingerprint density at radius 1 is 1.08 bits per heavy atom. The second kappa shape index (κ2) is 11.3. The van der Waals surface area contributed by atoms with Gasteiger partial charge in [-0.2, -0.15) is 15.2 Å². The third-order valence-electron chi connectivity index (χ3n) is 6.18. The first-order valence-corrected chi connectivity index (χ1v) is 12.8. The molecule has 13 heteroatoms. The summed E-state index contributed by atoms with van der Waals surface area (Å²) in [5, 5.41) is 10.4. The highest BCUT2D eigenvalue weighted by molar-refractivity contribution is 7.15. The van der Waals surface area contributed by atoms with E-state index in [-0.39, 0.29) is 24.0 Å². The van der Waals surface area contributed by atoms with E-state index in [1.54, 1.807) is 63.3 Å². The molecule has 1 fully saturated rings. The van der Waals surface area contributed by atoms with Crippen LogP contribution in [-0.4, -0.2) is 73.6 Å². The van der Waals surface area contributed by atoms with E-state index in [0.29, 0.717) is 50.0 Å². The summed E-state index contributed by atoms with van der Waals surface area (Å²) in [7, 11) is 3.16. The van der Waals surface area contributed by atoms with E-state index in [9.17, 15) is 14.4 Å². The number of nitrogens with one attached hydrogen (secondary N) is 1. The number of benzene rings is 1. The van der Waals surface area contributed by atoms with Crippen LogP contribution >= 0.6 is 34.5 Å². The van der Waals surface area contributed by atoms with Crippen molar-refractivity contribution in [1.29, 1.82) is 0 Å². The van der Waals surface area contributed by atoms with Crippen LogP contribution in [0.5, 0.6) is 0 Å². The average Bonchev–Trinajstić information content (AvgIpc) is 3.60. The van der Waals surface area contributed by atoms with Gasteiger partial charge in [-0.1, -0.05) is 23.2 Å². The molecule has 2 aliphatic rings. The van der Waals surface area contributed by atoms with E-state index in [2.05, 4.69) is 15.6 Å². The van der Waals surface area contributed by atoms with Crippen LogP contribution in [-0.2, 0) is 14.3 Å². The minimum atomic E-state index is -0.743. The summed E-state index contributed by atoms with van der Waals surface area (Å²) in [6, 6.07) is 7.95. The van der Waals surface area contributed by atoms with E-state index in [0.717, 1.165) is 11.3 Å². The van der Waals surface area contributed by atoms with Crippen molar-refractivity contribution in [3.63, 3.8) is 0 Å². The molecule has 4 rings (SSSR count). The normalized spacial score (nSPS) is 22.0. The van der Waals surface area contributed by atoms with Crippen LogP contribution < -0.4 is 10.4 Å². The van der Waals surface area contributed by atoms with Crippen molar-refractivity contribution in [3.8, 4) is 0 Å². The molecule has 0 spiro atoms. The van der Waals surface area contributed by atoms with Crippen molar-refractivity contribution in [2.24, 2.45) is 16.1 Å². The molecule has 1 aromatic carbocycles. The van der Waals surface area contributed by atoms with Crippen molar-refractivity contribution in [2.45, 2.75) is 26.1 Å². The zero-order valence-electron chi connectivity index (χ0n) is 20.5. The number of anilines is 1. The number of thiophene rings is 1. The molecule has 1 aromatic heterocycles. The maximum absolute atomic E-state index is 13.0. The van der Waals surface area contributed by atoms with Gasteiger partial charge in [0.15, 0.2) is 0 Å². The number of hydrazone groups is 2. The number of likely N-dealkylation sites (tertiary alicyclic amines) is 1. The zero-order valence-corrected chi connectivity index (χ0v) is 22.9. The standard InChI is InChI=1S/C24H25Cl2N5O5S/c1-12(21-13(2)29-31(24(21)34)14-5-6-15(25)16(26)9-14)27-28-22(32)19-7-8-20(37-19)23(33)30-10-17(35-3)18(11-30)36-4/h5-9,17-18,21H,10-11H2,1-4H3,(H,28,32)/b27-12+. The van der Waals surface area contributed by atoms with Crippen molar-refractivity contribution >= 4 is 69.4 Å². The molecule has 0 bridgehead atoms. The van der Waals surface area contributed by atoms with Crippen LogP contribution in [0.2, 0.25) is 10.0 Å². The predicted octanol–water partition coefficient (Wildman–Crippen LogP) is 3.69. The third kappa shape index (κ3) is 5.55. The lowest BCUT2D eigenvalue weighted by Gasteiger charge is -2.15. The second-order valence-electron chi connectivity index (χ2n) is 8.54. The van der Waals surface area contributed by atoms with Crippen molar-refractivity contribution in [3.05, 3.63) is 50.1 Å². The maximum atomic E-state index is 13.0. The van der Waals surface area contributed by atoms with Gasteiger partial charge in [-0.05, 0) is 44.2 Å². The highest BCUT2D eigenvalue weighted by atomic mass is 35.5. The molecule has 10 nitrogen and oxygen atoms in total. The molecule has 2 aliphatic heterocycles. The number of ether oxygens (including phenoxy) is 2. The summed E-state index contributed by atoms with van der Waals surface area (Å²) in [4.78, 5) is 41.0. The molecule has 196 valence electrons.